The number of halogens is 1. The van der Waals surface area contributed by atoms with Crippen LogP contribution in [0, 0.1) is 0 Å². The minimum Gasteiger partial charge on any atom is -0.496 e. The highest BCUT2D eigenvalue weighted by Gasteiger charge is 2.38. The van der Waals surface area contributed by atoms with E-state index in [2.05, 4.69) is 0 Å². The molecule has 1 aliphatic rings. The minimum atomic E-state index is -0.948. The maximum absolute atomic E-state index is 10.6. The van der Waals surface area contributed by atoms with E-state index in [4.69, 9.17) is 21.1 Å². The van der Waals surface area contributed by atoms with E-state index in [9.17, 15) is 15.3 Å². The molecule has 4 atom stereocenters. The van der Waals surface area contributed by atoms with Gasteiger partial charge >= 0.3 is 0 Å². The second kappa shape index (κ2) is 10.0. The Bertz CT molecular complexity index is 814. The molecule has 1 saturated heterocycles. The molecule has 0 unspecified atom stereocenters. The van der Waals surface area contributed by atoms with Gasteiger partial charge in [-0.15, -0.1) is 11.8 Å². The van der Waals surface area contributed by atoms with Gasteiger partial charge in [-0.1, -0.05) is 23.7 Å². The Morgan fingerprint density at radius 2 is 1.90 bits per heavy atom. The zero-order valence-corrected chi connectivity index (χ0v) is 18.1. The Morgan fingerprint density at radius 3 is 2.52 bits per heavy atom. The summed E-state index contributed by atoms with van der Waals surface area (Å²) < 4.78 is 11.0. The van der Waals surface area contributed by atoms with Crippen LogP contribution in [0.25, 0.3) is 0 Å². The van der Waals surface area contributed by atoms with Gasteiger partial charge in [0.25, 0.3) is 0 Å². The molecule has 7 heteroatoms. The van der Waals surface area contributed by atoms with Gasteiger partial charge in [0, 0.05) is 15.8 Å². The molecule has 0 saturated carbocycles. The van der Waals surface area contributed by atoms with Crippen molar-refractivity contribution in [2.45, 2.75) is 42.5 Å². The molecule has 1 heterocycles. The van der Waals surface area contributed by atoms with Gasteiger partial charge in [0.05, 0.1) is 37.8 Å². The first kappa shape index (κ1) is 22.2. The molecule has 3 rings (SSSR count). The molecule has 0 aromatic heterocycles. The summed E-state index contributed by atoms with van der Waals surface area (Å²) in [6.45, 7) is 2.51. The summed E-state index contributed by atoms with van der Waals surface area (Å²) in [5, 5.41) is 30.4. The predicted molar refractivity (Wildman–Crippen MR) is 116 cm³/mol. The van der Waals surface area contributed by atoms with Crippen LogP contribution in [0.3, 0.4) is 0 Å². The van der Waals surface area contributed by atoms with Crippen LogP contribution in [0.15, 0.2) is 36.4 Å². The van der Waals surface area contributed by atoms with E-state index in [0.717, 1.165) is 22.4 Å². The van der Waals surface area contributed by atoms with E-state index in [-0.39, 0.29) is 11.9 Å². The number of thioether (sulfide) groups is 1. The Morgan fingerprint density at radius 1 is 1.17 bits per heavy atom. The molecular formula is C22H27ClO5S. The van der Waals surface area contributed by atoms with Gasteiger partial charge in [-0.3, -0.25) is 0 Å². The fourth-order valence-corrected chi connectivity index (χ4v) is 5.28. The Labute approximate surface area is 180 Å². The van der Waals surface area contributed by atoms with Gasteiger partial charge in [-0.05, 0) is 55.2 Å². The molecule has 1 fully saturated rings. The Balaban J connectivity index is 1.91. The van der Waals surface area contributed by atoms with Gasteiger partial charge in [0.1, 0.15) is 11.5 Å². The third kappa shape index (κ3) is 5.19. The minimum absolute atomic E-state index is 0.0557. The highest BCUT2D eigenvalue weighted by atomic mass is 35.5. The molecule has 0 radical (unpaired) electrons. The average Bonchev–Trinajstić information content (AvgIpc) is 2.72. The molecule has 0 aliphatic carbocycles. The van der Waals surface area contributed by atoms with Crippen molar-refractivity contribution in [2.24, 2.45) is 0 Å². The largest absolute Gasteiger partial charge is 0.496 e. The summed E-state index contributed by atoms with van der Waals surface area (Å²) >= 11 is 7.96. The van der Waals surface area contributed by atoms with Crippen LogP contribution in [0.5, 0.6) is 11.5 Å². The number of ether oxygens (including phenoxy) is 2. The van der Waals surface area contributed by atoms with Crippen molar-refractivity contribution in [1.29, 1.82) is 0 Å². The molecular weight excluding hydrogens is 412 g/mol. The number of hydrogen-bond acceptors (Lipinski definition) is 6. The molecule has 0 amide bonds. The van der Waals surface area contributed by atoms with Crippen LogP contribution in [0.4, 0.5) is 0 Å². The molecule has 3 N–H and O–H groups in total. The normalized spacial score (nSPS) is 24.3. The SMILES string of the molecule is CCOc1ccc(Cc2cc([C@@H]3S[C@H](CO)C[C@H](O)[C@H]3O)c(OC)cc2Cl)cc1. The Kier molecular flexibility index (Phi) is 7.71. The first-order chi connectivity index (χ1) is 14.0. The van der Waals surface area contributed by atoms with E-state index in [0.29, 0.717) is 30.2 Å². The summed E-state index contributed by atoms with van der Waals surface area (Å²) in [6, 6.07) is 11.6. The van der Waals surface area contributed by atoms with Crippen LogP contribution in [-0.2, 0) is 6.42 Å². The highest BCUT2D eigenvalue weighted by Crippen LogP contribution is 2.47. The number of hydrogen-bond donors (Lipinski definition) is 3. The lowest BCUT2D eigenvalue weighted by atomic mass is 9.95. The third-order valence-electron chi connectivity index (χ3n) is 5.09. The van der Waals surface area contributed by atoms with Crippen molar-refractivity contribution in [2.75, 3.05) is 20.3 Å². The number of aliphatic hydroxyl groups is 3. The molecule has 2 aromatic rings. The first-order valence-electron chi connectivity index (χ1n) is 9.67. The monoisotopic (exact) mass is 438 g/mol. The summed E-state index contributed by atoms with van der Waals surface area (Å²) in [5.74, 6) is 1.39. The lowest BCUT2D eigenvalue weighted by molar-refractivity contribution is 0.00497. The maximum atomic E-state index is 10.6. The van der Waals surface area contributed by atoms with E-state index < -0.39 is 17.5 Å². The smallest absolute Gasteiger partial charge is 0.124 e. The van der Waals surface area contributed by atoms with Crippen molar-refractivity contribution in [3.63, 3.8) is 0 Å². The number of rotatable bonds is 7. The summed E-state index contributed by atoms with van der Waals surface area (Å²) in [7, 11) is 1.56. The summed E-state index contributed by atoms with van der Waals surface area (Å²) in [6.07, 6.45) is -0.875. The lowest BCUT2D eigenvalue weighted by Gasteiger charge is -2.36. The van der Waals surface area contributed by atoms with Gasteiger partial charge in [0.15, 0.2) is 0 Å². The molecule has 0 spiro atoms. The van der Waals surface area contributed by atoms with Crippen LogP contribution in [-0.4, -0.2) is 53.1 Å². The molecule has 29 heavy (non-hydrogen) atoms. The topological polar surface area (TPSA) is 79.2 Å². The second-order valence-electron chi connectivity index (χ2n) is 7.09. The lowest BCUT2D eigenvalue weighted by Crippen LogP contribution is -2.39. The van der Waals surface area contributed by atoms with Crippen molar-refractivity contribution >= 4 is 23.4 Å². The van der Waals surface area contributed by atoms with E-state index in [1.54, 1.807) is 13.2 Å². The molecule has 1 aliphatic heterocycles. The summed E-state index contributed by atoms with van der Waals surface area (Å²) in [4.78, 5) is 0. The Hall–Kier alpha value is -1.44. The second-order valence-corrected chi connectivity index (χ2v) is 8.95. The highest BCUT2D eigenvalue weighted by molar-refractivity contribution is 8.00. The number of benzene rings is 2. The molecule has 158 valence electrons. The quantitative estimate of drug-likeness (QED) is 0.613. The zero-order valence-electron chi connectivity index (χ0n) is 16.5. The van der Waals surface area contributed by atoms with Crippen molar-refractivity contribution < 1.29 is 24.8 Å². The first-order valence-corrected chi connectivity index (χ1v) is 11.0. The number of aliphatic hydroxyl groups excluding tert-OH is 3. The molecule has 2 aromatic carbocycles. The van der Waals surface area contributed by atoms with Crippen molar-refractivity contribution in [3.8, 4) is 11.5 Å². The van der Waals surface area contributed by atoms with Gasteiger partial charge in [-0.25, -0.2) is 0 Å². The average molecular weight is 439 g/mol. The van der Waals surface area contributed by atoms with Crippen LogP contribution < -0.4 is 9.47 Å². The molecule has 0 bridgehead atoms. The van der Waals surface area contributed by atoms with Crippen molar-refractivity contribution in [1.82, 2.24) is 0 Å². The van der Waals surface area contributed by atoms with Crippen LogP contribution in [0.2, 0.25) is 5.02 Å². The van der Waals surface area contributed by atoms with Crippen molar-refractivity contribution in [3.05, 3.63) is 58.1 Å². The fourth-order valence-electron chi connectivity index (χ4n) is 3.57. The van der Waals surface area contributed by atoms with Gasteiger partial charge < -0.3 is 24.8 Å². The zero-order chi connectivity index (χ0) is 21.0. The van der Waals surface area contributed by atoms with Gasteiger partial charge in [-0.2, -0.15) is 0 Å². The summed E-state index contributed by atoms with van der Waals surface area (Å²) in [5.41, 5.74) is 2.75. The van der Waals surface area contributed by atoms with E-state index in [1.807, 2.05) is 37.3 Å². The standard InChI is InChI=1S/C22H27ClO5S/c1-3-28-15-6-4-13(5-7-15)8-14-9-17(20(27-2)11-18(14)23)22-21(26)19(25)10-16(12-24)29-22/h4-7,9,11,16,19,21-22,24-26H,3,8,10,12H2,1-2H3/t16-,19-,21+,22-/m0/s1. The maximum Gasteiger partial charge on any atom is 0.124 e. The predicted octanol–water partition coefficient (Wildman–Crippen LogP) is 3.60. The van der Waals surface area contributed by atoms with Gasteiger partial charge in [0.2, 0.25) is 0 Å². The molecule has 5 nitrogen and oxygen atoms in total. The van der Waals surface area contributed by atoms with Crippen LogP contribution >= 0.6 is 23.4 Å². The van der Waals surface area contributed by atoms with E-state index in [1.165, 1.54) is 11.8 Å². The van der Waals surface area contributed by atoms with E-state index >= 15 is 0 Å². The fraction of sp³-hybridized carbons (Fsp3) is 0.455. The number of methoxy groups -OCH3 is 1. The van der Waals surface area contributed by atoms with Crippen LogP contribution in [0.1, 0.15) is 35.3 Å². The third-order valence-corrected chi connectivity index (χ3v) is 6.99.